The van der Waals surface area contributed by atoms with Crippen molar-refractivity contribution in [1.29, 1.82) is 0 Å². The molecule has 6 heteroatoms. The highest BCUT2D eigenvalue weighted by molar-refractivity contribution is 7.88. The van der Waals surface area contributed by atoms with Crippen molar-refractivity contribution < 1.29 is 8.42 Å². The van der Waals surface area contributed by atoms with E-state index in [1.54, 1.807) is 4.31 Å². The third kappa shape index (κ3) is 5.18. The lowest BCUT2D eigenvalue weighted by molar-refractivity contribution is 0.361. The molecule has 0 aliphatic carbocycles. The Morgan fingerprint density at radius 3 is 2.13 bits per heavy atom. The zero-order valence-electron chi connectivity index (χ0n) is 18.5. The molecule has 0 fully saturated rings. The molecule has 0 amide bonds. The summed E-state index contributed by atoms with van der Waals surface area (Å²) in [5, 5.41) is 4.49. The van der Waals surface area contributed by atoms with Crippen LogP contribution in [0.5, 0.6) is 0 Å². The van der Waals surface area contributed by atoms with Crippen LogP contribution in [-0.2, 0) is 29.4 Å². The van der Waals surface area contributed by atoms with Gasteiger partial charge in [-0.3, -0.25) is 4.68 Å². The van der Waals surface area contributed by atoms with E-state index in [-0.39, 0.29) is 11.7 Å². The van der Waals surface area contributed by atoms with Gasteiger partial charge in [-0.1, -0.05) is 68.4 Å². The van der Waals surface area contributed by atoms with E-state index >= 15 is 0 Å². The molecule has 0 spiro atoms. The molecule has 3 rings (SSSR count). The molecule has 0 aliphatic heterocycles. The second-order valence-corrected chi connectivity index (χ2v) is 10.3. The maximum Gasteiger partial charge on any atom is 0.218 e. The summed E-state index contributed by atoms with van der Waals surface area (Å²) in [6.45, 7) is 9.03. The SMILES string of the molecule is Cc1nn(C)c(C)c1-c1ccc(CN(CC(C)C)S(=O)(=O)Cc2ccccc2)cc1. The first-order valence-corrected chi connectivity index (χ1v) is 11.9. The van der Waals surface area contributed by atoms with Gasteiger partial charge in [0.05, 0.1) is 11.4 Å². The van der Waals surface area contributed by atoms with Crippen LogP contribution in [0.1, 0.15) is 36.4 Å². The Hall–Kier alpha value is -2.44. The highest BCUT2D eigenvalue weighted by atomic mass is 32.2. The zero-order chi connectivity index (χ0) is 21.9. The van der Waals surface area contributed by atoms with Gasteiger partial charge in [-0.2, -0.15) is 9.40 Å². The number of nitrogens with zero attached hydrogens (tertiary/aromatic N) is 3. The lowest BCUT2D eigenvalue weighted by Gasteiger charge is -2.24. The van der Waals surface area contributed by atoms with Crippen LogP contribution in [0.15, 0.2) is 54.6 Å². The normalized spacial score (nSPS) is 12.1. The van der Waals surface area contributed by atoms with Gasteiger partial charge in [-0.05, 0) is 36.5 Å². The molecule has 1 heterocycles. The lowest BCUT2D eigenvalue weighted by atomic mass is 10.0. The fourth-order valence-electron chi connectivity index (χ4n) is 3.73. The first-order chi connectivity index (χ1) is 14.2. The van der Waals surface area contributed by atoms with Gasteiger partial charge >= 0.3 is 0 Å². The Morgan fingerprint density at radius 1 is 0.967 bits per heavy atom. The summed E-state index contributed by atoms with van der Waals surface area (Å²) in [5.41, 5.74) is 6.14. The molecule has 1 aromatic heterocycles. The van der Waals surface area contributed by atoms with Gasteiger partial charge in [0.1, 0.15) is 0 Å². The van der Waals surface area contributed by atoms with Gasteiger partial charge < -0.3 is 0 Å². The van der Waals surface area contributed by atoms with E-state index in [1.807, 2.05) is 75.0 Å². The third-order valence-electron chi connectivity index (χ3n) is 5.26. The van der Waals surface area contributed by atoms with Crippen LogP contribution in [-0.4, -0.2) is 29.0 Å². The van der Waals surface area contributed by atoms with Crippen molar-refractivity contribution in [3.05, 3.63) is 77.1 Å². The quantitative estimate of drug-likeness (QED) is 0.526. The van der Waals surface area contributed by atoms with Crippen LogP contribution in [0.2, 0.25) is 0 Å². The van der Waals surface area contributed by atoms with Crippen LogP contribution in [0.3, 0.4) is 0 Å². The van der Waals surface area contributed by atoms with E-state index in [2.05, 4.69) is 24.2 Å². The molecule has 5 nitrogen and oxygen atoms in total. The Bertz CT molecular complexity index is 1090. The molecule has 0 N–H and O–H groups in total. The van der Waals surface area contributed by atoms with Crippen LogP contribution in [0, 0.1) is 19.8 Å². The number of hydrogen-bond donors (Lipinski definition) is 0. The van der Waals surface area contributed by atoms with E-state index < -0.39 is 10.0 Å². The van der Waals surface area contributed by atoms with Crippen LogP contribution in [0.25, 0.3) is 11.1 Å². The van der Waals surface area contributed by atoms with Gasteiger partial charge in [-0.25, -0.2) is 8.42 Å². The summed E-state index contributed by atoms with van der Waals surface area (Å²) in [6, 6.07) is 17.5. The van der Waals surface area contributed by atoms with Gasteiger partial charge in [0.15, 0.2) is 0 Å². The minimum atomic E-state index is -3.42. The summed E-state index contributed by atoms with van der Waals surface area (Å²) in [6.07, 6.45) is 0. The predicted molar refractivity (Wildman–Crippen MR) is 122 cm³/mol. The largest absolute Gasteiger partial charge is 0.272 e. The van der Waals surface area contributed by atoms with Crippen LogP contribution in [0.4, 0.5) is 0 Å². The molecule has 0 saturated heterocycles. The summed E-state index contributed by atoms with van der Waals surface area (Å²) < 4.78 is 29.8. The average molecular weight is 426 g/mol. The molecule has 3 aromatic rings. The average Bonchev–Trinajstić information content (AvgIpc) is 2.94. The summed E-state index contributed by atoms with van der Waals surface area (Å²) in [7, 11) is -1.48. The van der Waals surface area contributed by atoms with Gasteiger partial charge in [0, 0.05) is 31.4 Å². The number of benzene rings is 2. The van der Waals surface area contributed by atoms with Gasteiger partial charge in [-0.15, -0.1) is 0 Å². The zero-order valence-corrected chi connectivity index (χ0v) is 19.3. The monoisotopic (exact) mass is 425 g/mol. The molecule has 0 atom stereocenters. The van der Waals surface area contributed by atoms with Crippen molar-refractivity contribution in [2.45, 2.75) is 40.0 Å². The minimum absolute atomic E-state index is 0.0206. The Balaban J connectivity index is 1.83. The fraction of sp³-hybridized carbons (Fsp3) is 0.375. The molecule has 30 heavy (non-hydrogen) atoms. The second kappa shape index (κ2) is 9.14. The maximum atomic E-state index is 13.1. The first-order valence-electron chi connectivity index (χ1n) is 10.3. The Kier molecular flexibility index (Phi) is 6.78. The Labute approximate surface area is 180 Å². The van der Waals surface area contributed by atoms with E-state index in [0.29, 0.717) is 13.1 Å². The number of aromatic nitrogens is 2. The second-order valence-electron chi connectivity index (χ2n) is 8.29. The van der Waals surface area contributed by atoms with Crippen molar-refractivity contribution in [1.82, 2.24) is 14.1 Å². The maximum absolute atomic E-state index is 13.1. The topological polar surface area (TPSA) is 55.2 Å². The number of hydrogen-bond acceptors (Lipinski definition) is 3. The molecule has 0 saturated carbocycles. The molecular formula is C24H31N3O2S. The summed E-state index contributed by atoms with van der Waals surface area (Å²) in [5.74, 6) is 0.266. The summed E-state index contributed by atoms with van der Waals surface area (Å²) >= 11 is 0. The van der Waals surface area contributed by atoms with Crippen molar-refractivity contribution in [2.24, 2.45) is 13.0 Å². The predicted octanol–water partition coefficient (Wildman–Crippen LogP) is 4.69. The Morgan fingerprint density at radius 2 is 1.60 bits per heavy atom. The molecule has 2 aromatic carbocycles. The van der Waals surface area contributed by atoms with Crippen molar-refractivity contribution in [3.8, 4) is 11.1 Å². The fourth-order valence-corrected chi connectivity index (χ4v) is 5.40. The highest BCUT2D eigenvalue weighted by Gasteiger charge is 2.24. The number of rotatable bonds is 8. The first kappa shape index (κ1) is 22.2. The van der Waals surface area contributed by atoms with E-state index in [9.17, 15) is 8.42 Å². The molecular weight excluding hydrogens is 394 g/mol. The smallest absolute Gasteiger partial charge is 0.218 e. The molecule has 0 radical (unpaired) electrons. The molecule has 0 aliphatic rings. The number of sulfonamides is 1. The van der Waals surface area contributed by atoms with E-state index in [0.717, 1.165) is 33.6 Å². The lowest BCUT2D eigenvalue weighted by Crippen LogP contribution is -2.34. The van der Waals surface area contributed by atoms with Crippen molar-refractivity contribution in [3.63, 3.8) is 0 Å². The molecule has 160 valence electrons. The van der Waals surface area contributed by atoms with Crippen molar-refractivity contribution >= 4 is 10.0 Å². The molecule has 0 unspecified atom stereocenters. The van der Waals surface area contributed by atoms with E-state index in [4.69, 9.17) is 0 Å². The van der Waals surface area contributed by atoms with E-state index in [1.165, 1.54) is 0 Å². The van der Waals surface area contributed by atoms with Crippen LogP contribution < -0.4 is 0 Å². The van der Waals surface area contributed by atoms with Crippen LogP contribution >= 0.6 is 0 Å². The summed E-state index contributed by atoms with van der Waals surface area (Å²) in [4.78, 5) is 0. The third-order valence-corrected chi connectivity index (χ3v) is 7.03. The molecule has 0 bridgehead atoms. The number of aryl methyl sites for hydroxylation is 2. The standard InChI is InChI=1S/C24H31N3O2S/c1-18(2)15-27(30(28,29)17-22-9-7-6-8-10-22)16-21-11-13-23(14-12-21)24-19(3)25-26(5)20(24)4/h6-14,18H,15-17H2,1-5H3. The van der Waals surface area contributed by atoms with Gasteiger partial charge in [0.25, 0.3) is 0 Å². The van der Waals surface area contributed by atoms with Gasteiger partial charge in [0.2, 0.25) is 10.0 Å². The minimum Gasteiger partial charge on any atom is -0.272 e. The highest BCUT2D eigenvalue weighted by Crippen LogP contribution is 2.27. The van der Waals surface area contributed by atoms with Crippen molar-refractivity contribution in [2.75, 3.05) is 6.54 Å².